The number of rotatable bonds is 7. The van der Waals surface area contributed by atoms with Crippen molar-refractivity contribution in [3.63, 3.8) is 0 Å². The highest BCUT2D eigenvalue weighted by Crippen LogP contribution is 2.28. The van der Waals surface area contributed by atoms with Gasteiger partial charge in [-0.05, 0) is 48.7 Å². The van der Waals surface area contributed by atoms with Crippen molar-refractivity contribution in [2.75, 3.05) is 23.9 Å². The van der Waals surface area contributed by atoms with E-state index in [0.717, 1.165) is 24.1 Å². The molecule has 8 heteroatoms. The van der Waals surface area contributed by atoms with E-state index in [1.807, 2.05) is 29.2 Å². The minimum Gasteiger partial charge on any atom is -0.495 e. The predicted octanol–water partition coefficient (Wildman–Crippen LogP) is 3.65. The van der Waals surface area contributed by atoms with Crippen LogP contribution in [0.3, 0.4) is 0 Å². The van der Waals surface area contributed by atoms with Crippen molar-refractivity contribution in [1.29, 1.82) is 0 Å². The van der Waals surface area contributed by atoms with Gasteiger partial charge in [0, 0.05) is 19.3 Å². The molecule has 1 aliphatic heterocycles. The molecule has 1 atom stereocenters. The Balaban J connectivity index is 1.45. The van der Waals surface area contributed by atoms with Crippen molar-refractivity contribution in [2.24, 2.45) is 0 Å². The number of para-hydroxylation sites is 2. The Bertz CT molecular complexity index is 1040. The zero-order valence-corrected chi connectivity index (χ0v) is 17.2. The van der Waals surface area contributed by atoms with Gasteiger partial charge in [0.25, 0.3) is 0 Å². The molecule has 160 valence electrons. The van der Waals surface area contributed by atoms with Crippen molar-refractivity contribution in [3.8, 4) is 5.75 Å². The van der Waals surface area contributed by atoms with Crippen LogP contribution in [0, 0.1) is 5.82 Å². The maximum Gasteiger partial charge on any atom is 0.243 e. The van der Waals surface area contributed by atoms with Gasteiger partial charge in [0.2, 0.25) is 11.9 Å². The molecule has 2 heterocycles. The van der Waals surface area contributed by atoms with Gasteiger partial charge < -0.3 is 20.3 Å². The van der Waals surface area contributed by atoms with Crippen molar-refractivity contribution >= 4 is 23.4 Å². The summed E-state index contributed by atoms with van der Waals surface area (Å²) in [4.78, 5) is 23.7. The molecule has 4 rings (SSSR count). The number of benzene rings is 2. The first-order chi connectivity index (χ1) is 15.1. The molecular formula is C23H24FN5O2. The molecule has 2 aromatic carbocycles. The first-order valence-electron chi connectivity index (χ1n) is 10.2. The smallest absolute Gasteiger partial charge is 0.243 e. The molecule has 1 unspecified atom stereocenters. The highest BCUT2D eigenvalue weighted by Gasteiger charge is 2.32. The third-order valence-electron chi connectivity index (χ3n) is 5.20. The standard InChI is InChI=1S/C23H24FN5O2/c1-31-20-7-3-2-5-18(20)27-21-12-13-25-23(28-21)29-14-4-6-19(29)22(30)26-15-16-8-10-17(24)11-9-16/h2-3,5,7-13,19H,4,6,14-15H2,1H3,(H,26,30)(H,25,27,28). The molecule has 7 nitrogen and oxygen atoms in total. The van der Waals surface area contributed by atoms with Crippen LogP contribution in [0.25, 0.3) is 0 Å². The lowest BCUT2D eigenvalue weighted by Gasteiger charge is -2.24. The first-order valence-corrected chi connectivity index (χ1v) is 10.2. The normalized spacial score (nSPS) is 15.5. The fourth-order valence-electron chi connectivity index (χ4n) is 3.63. The Kier molecular flexibility index (Phi) is 6.26. The topological polar surface area (TPSA) is 79.4 Å². The molecule has 0 saturated carbocycles. The fraction of sp³-hybridized carbons (Fsp3) is 0.261. The van der Waals surface area contributed by atoms with Crippen LogP contribution in [0.15, 0.2) is 60.8 Å². The van der Waals surface area contributed by atoms with E-state index in [1.165, 1.54) is 12.1 Å². The number of aromatic nitrogens is 2. The largest absolute Gasteiger partial charge is 0.495 e. The minimum atomic E-state index is -0.345. The average molecular weight is 421 g/mol. The van der Waals surface area contributed by atoms with Gasteiger partial charge in [0.1, 0.15) is 23.4 Å². The second kappa shape index (κ2) is 9.42. The number of carbonyl (C=O) groups excluding carboxylic acids is 1. The summed E-state index contributed by atoms with van der Waals surface area (Å²) < 4.78 is 18.4. The van der Waals surface area contributed by atoms with E-state index in [0.29, 0.717) is 30.6 Å². The van der Waals surface area contributed by atoms with Crippen molar-refractivity contribution in [2.45, 2.75) is 25.4 Å². The number of ether oxygens (including phenoxy) is 1. The van der Waals surface area contributed by atoms with Crippen LogP contribution >= 0.6 is 0 Å². The molecule has 1 amide bonds. The summed E-state index contributed by atoms with van der Waals surface area (Å²) in [7, 11) is 1.62. The number of nitrogens with one attached hydrogen (secondary N) is 2. The number of methoxy groups -OCH3 is 1. The lowest BCUT2D eigenvalue weighted by Crippen LogP contribution is -2.43. The van der Waals surface area contributed by atoms with E-state index >= 15 is 0 Å². The van der Waals surface area contributed by atoms with Crippen LogP contribution in [0.2, 0.25) is 0 Å². The molecule has 1 aliphatic rings. The molecule has 0 bridgehead atoms. The highest BCUT2D eigenvalue weighted by molar-refractivity contribution is 5.85. The van der Waals surface area contributed by atoms with Crippen molar-refractivity contribution < 1.29 is 13.9 Å². The summed E-state index contributed by atoms with van der Waals surface area (Å²) in [6.07, 6.45) is 3.27. The Labute approximate surface area is 180 Å². The maximum atomic E-state index is 13.1. The minimum absolute atomic E-state index is 0.0893. The lowest BCUT2D eigenvalue weighted by molar-refractivity contribution is -0.122. The number of hydrogen-bond acceptors (Lipinski definition) is 6. The number of carbonyl (C=O) groups is 1. The van der Waals surface area contributed by atoms with Gasteiger partial charge in [-0.25, -0.2) is 9.37 Å². The first kappa shape index (κ1) is 20.6. The van der Waals surface area contributed by atoms with Gasteiger partial charge in [-0.15, -0.1) is 0 Å². The second-order valence-corrected chi connectivity index (χ2v) is 7.26. The zero-order chi connectivity index (χ0) is 21.6. The third-order valence-corrected chi connectivity index (χ3v) is 5.20. The van der Waals surface area contributed by atoms with Gasteiger partial charge in [-0.3, -0.25) is 4.79 Å². The SMILES string of the molecule is COc1ccccc1Nc1ccnc(N2CCCC2C(=O)NCc2ccc(F)cc2)n1. The van der Waals surface area contributed by atoms with E-state index in [-0.39, 0.29) is 17.8 Å². The average Bonchev–Trinajstić information content (AvgIpc) is 3.29. The molecule has 1 aromatic heterocycles. The Hall–Kier alpha value is -3.68. The number of anilines is 3. The van der Waals surface area contributed by atoms with E-state index in [2.05, 4.69) is 20.6 Å². The van der Waals surface area contributed by atoms with E-state index < -0.39 is 0 Å². The third kappa shape index (κ3) is 4.91. The summed E-state index contributed by atoms with van der Waals surface area (Å²) in [6.45, 7) is 1.05. The van der Waals surface area contributed by atoms with E-state index in [9.17, 15) is 9.18 Å². The predicted molar refractivity (Wildman–Crippen MR) is 117 cm³/mol. The maximum absolute atomic E-state index is 13.1. The molecule has 0 radical (unpaired) electrons. The summed E-state index contributed by atoms with van der Waals surface area (Å²) in [5, 5.41) is 6.19. The van der Waals surface area contributed by atoms with Gasteiger partial charge in [-0.2, -0.15) is 4.98 Å². The van der Waals surface area contributed by atoms with Crippen LogP contribution < -0.4 is 20.3 Å². The lowest BCUT2D eigenvalue weighted by atomic mass is 10.2. The molecule has 1 saturated heterocycles. The Morgan fingerprint density at radius 3 is 2.81 bits per heavy atom. The molecule has 1 fully saturated rings. The van der Waals surface area contributed by atoms with Crippen molar-refractivity contribution in [1.82, 2.24) is 15.3 Å². The number of amides is 1. The molecule has 31 heavy (non-hydrogen) atoms. The van der Waals surface area contributed by atoms with Gasteiger partial charge >= 0.3 is 0 Å². The zero-order valence-electron chi connectivity index (χ0n) is 17.2. The monoisotopic (exact) mass is 421 g/mol. The van der Waals surface area contributed by atoms with E-state index in [1.54, 1.807) is 31.5 Å². The highest BCUT2D eigenvalue weighted by atomic mass is 19.1. The molecule has 0 spiro atoms. The quantitative estimate of drug-likeness (QED) is 0.606. The molecule has 3 aromatic rings. The number of nitrogens with zero attached hydrogens (tertiary/aromatic N) is 3. The number of halogens is 1. The summed E-state index contributed by atoms with van der Waals surface area (Å²) in [6, 6.07) is 15.1. The van der Waals surface area contributed by atoms with Gasteiger partial charge in [-0.1, -0.05) is 24.3 Å². The number of hydrogen-bond donors (Lipinski definition) is 2. The van der Waals surface area contributed by atoms with E-state index in [4.69, 9.17) is 4.74 Å². The van der Waals surface area contributed by atoms with Gasteiger partial charge in [0.15, 0.2) is 0 Å². The van der Waals surface area contributed by atoms with Crippen LogP contribution in [-0.4, -0.2) is 35.6 Å². The second-order valence-electron chi connectivity index (χ2n) is 7.26. The molecule has 2 N–H and O–H groups in total. The van der Waals surface area contributed by atoms with Crippen LogP contribution in [0.1, 0.15) is 18.4 Å². The molecule has 0 aliphatic carbocycles. The Morgan fingerprint density at radius 1 is 1.19 bits per heavy atom. The van der Waals surface area contributed by atoms with Gasteiger partial charge in [0.05, 0.1) is 12.8 Å². The fourth-order valence-corrected chi connectivity index (χ4v) is 3.63. The molecular weight excluding hydrogens is 397 g/mol. The van der Waals surface area contributed by atoms with Crippen LogP contribution in [0.5, 0.6) is 5.75 Å². The van der Waals surface area contributed by atoms with Crippen molar-refractivity contribution in [3.05, 3.63) is 72.2 Å². The van der Waals surface area contributed by atoms with Crippen LogP contribution in [-0.2, 0) is 11.3 Å². The summed E-state index contributed by atoms with van der Waals surface area (Å²) in [5.41, 5.74) is 1.64. The Morgan fingerprint density at radius 2 is 2.00 bits per heavy atom. The summed E-state index contributed by atoms with van der Waals surface area (Å²) in [5.74, 6) is 1.44. The summed E-state index contributed by atoms with van der Waals surface area (Å²) >= 11 is 0. The van der Waals surface area contributed by atoms with Crippen LogP contribution in [0.4, 0.5) is 21.8 Å².